The predicted octanol–water partition coefficient (Wildman–Crippen LogP) is 5.11. The predicted molar refractivity (Wildman–Crippen MR) is 140 cm³/mol. The normalized spacial score (nSPS) is 28.8. The minimum atomic E-state index is -4.26. The Balaban J connectivity index is 1.23. The summed E-state index contributed by atoms with van der Waals surface area (Å²) in [5.74, 6) is -0.776. The van der Waals surface area contributed by atoms with Crippen molar-refractivity contribution in [2.24, 2.45) is 0 Å². The Hall–Kier alpha value is -2.51. The summed E-state index contributed by atoms with van der Waals surface area (Å²) < 4.78 is 80.2. The molecule has 0 bridgehead atoms. The summed E-state index contributed by atoms with van der Waals surface area (Å²) in [6.45, 7) is -0.766. The second-order valence-electron chi connectivity index (χ2n) is 9.08. The monoisotopic (exact) mass is 650 g/mol. The van der Waals surface area contributed by atoms with Gasteiger partial charge in [0.25, 0.3) is 5.56 Å². The molecule has 1 fully saturated rings. The van der Waals surface area contributed by atoms with Gasteiger partial charge in [0, 0.05) is 27.6 Å². The van der Waals surface area contributed by atoms with E-state index in [0.29, 0.717) is 27.4 Å². The van der Waals surface area contributed by atoms with E-state index in [-0.39, 0.29) is 31.1 Å². The topological polar surface area (TPSA) is 154 Å². The van der Waals surface area contributed by atoms with Crippen molar-refractivity contribution in [1.82, 2.24) is 9.55 Å². The van der Waals surface area contributed by atoms with Gasteiger partial charge in [-0.2, -0.15) is 4.39 Å². The van der Waals surface area contributed by atoms with Crippen LogP contribution in [0.25, 0.3) is 0 Å². The van der Waals surface area contributed by atoms with E-state index in [1.807, 2.05) is 4.98 Å². The molecule has 13 nitrogen and oxygen atoms in total. The number of phosphoric acid groups is 2. The Bertz CT molecular complexity index is 1730. The molecular weight excluding hydrogens is 632 g/mol. The second kappa shape index (κ2) is 11.0. The molecule has 1 aromatic heterocycles. The zero-order valence-corrected chi connectivity index (χ0v) is 23.9. The Morgan fingerprint density at radius 1 is 0.976 bits per heavy atom. The van der Waals surface area contributed by atoms with Gasteiger partial charge in [-0.25, -0.2) is 13.9 Å². The Labute approximate surface area is 240 Å². The van der Waals surface area contributed by atoms with E-state index < -0.39 is 57.8 Å². The van der Waals surface area contributed by atoms with Crippen LogP contribution < -0.4 is 20.3 Å². The number of benzene rings is 2. The molecule has 18 heteroatoms. The summed E-state index contributed by atoms with van der Waals surface area (Å²) in [6.07, 6.45) is -3.08. The van der Waals surface area contributed by atoms with Crippen LogP contribution in [0.3, 0.4) is 0 Å². The lowest BCUT2D eigenvalue weighted by molar-refractivity contribution is -0.0477. The van der Waals surface area contributed by atoms with Crippen LogP contribution in [0.1, 0.15) is 23.8 Å². The molecule has 6 rings (SSSR count). The fraction of sp³-hybridized carbons (Fsp3) is 0.304. The van der Waals surface area contributed by atoms with Gasteiger partial charge in [-0.1, -0.05) is 23.2 Å². The van der Waals surface area contributed by atoms with E-state index >= 15 is 0 Å². The number of nitrogens with one attached hydrogen (secondary N) is 1. The van der Waals surface area contributed by atoms with Crippen LogP contribution in [0.5, 0.6) is 11.5 Å². The first kappa shape index (κ1) is 28.6. The molecule has 0 spiro atoms. The number of aromatic nitrogens is 2. The van der Waals surface area contributed by atoms with Gasteiger partial charge in [0.05, 0.1) is 26.0 Å². The van der Waals surface area contributed by atoms with Crippen LogP contribution in [0.4, 0.5) is 4.39 Å². The Kier molecular flexibility index (Phi) is 7.65. The van der Waals surface area contributed by atoms with Crippen molar-refractivity contribution < 1.29 is 45.4 Å². The van der Waals surface area contributed by atoms with E-state index in [1.165, 1.54) is 18.2 Å². The van der Waals surface area contributed by atoms with Crippen LogP contribution in [-0.2, 0) is 45.2 Å². The summed E-state index contributed by atoms with van der Waals surface area (Å²) in [4.78, 5) is 25.7. The Morgan fingerprint density at radius 2 is 1.59 bits per heavy atom. The number of phosphoric ester groups is 2. The molecule has 1 saturated heterocycles. The molecule has 0 amide bonds. The van der Waals surface area contributed by atoms with Gasteiger partial charge in [0.2, 0.25) is 5.82 Å². The third kappa shape index (κ3) is 6.03. The largest absolute Gasteiger partial charge is 0.530 e. The standard InChI is InChI=1S/C23H19Cl2FN2O11P2/c24-14-1-3-17-12(5-14)9-33-40(31,37-17)35-11-20-19(7-21(36-20)28-8-16(26)22(29)27-23(28)30)39-41(32)34-10-13-6-15(25)2-4-18(13)38-41/h1-6,8,19-21H,7,9-11H2,(H,27,29,30)/t19-,20+,21+,40?,41?/m0/s1. The zero-order chi connectivity index (χ0) is 28.9. The van der Waals surface area contributed by atoms with Crippen molar-refractivity contribution in [2.75, 3.05) is 6.61 Å². The minimum absolute atomic E-state index is 0.117. The molecule has 3 aliphatic rings. The first-order valence-corrected chi connectivity index (χ1v) is 15.6. The number of fused-ring (bicyclic) bond motifs is 2. The summed E-state index contributed by atoms with van der Waals surface area (Å²) in [5.41, 5.74) is -1.09. The molecule has 2 unspecified atom stereocenters. The van der Waals surface area contributed by atoms with Crippen molar-refractivity contribution in [3.63, 3.8) is 0 Å². The SMILES string of the molecule is O=c1[nH]c(=O)n([C@H]2C[C@H](OP3(=O)OCc4cc(Cl)ccc4O3)[C@@H](COP3(=O)OCc4cc(Cl)ccc4O3)O2)cc1F. The number of rotatable bonds is 6. The lowest BCUT2D eigenvalue weighted by atomic mass is 10.2. The zero-order valence-electron chi connectivity index (χ0n) is 20.6. The van der Waals surface area contributed by atoms with Gasteiger partial charge < -0.3 is 13.8 Å². The van der Waals surface area contributed by atoms with Gasteiger partial charge >= 0.3 is 21.3 Å². The average molecular weight is 651 g/mol. The highest BCUT2D eigenvalue weighted by Crippen LogP contribution is 2.58. The maximum Gasteiger partial charge on any atom is 0.530 e. The molecule has 41 heavy (non-hydrogen) atoms. The van der Waals surface area contributed by atoms with Crippen LogP contribution in [0.2, 0.25) is 10.0 Å². The molecular formula is C23H19Cl2FN2O11P2. The number of hydrogen-bond donors (Lipinski definition) is 1. The van der Waals surface area contributed by atoms with Crippen molar-refractivity contribution in [3.05, 3.63) is 90.4 Å². The summed E-state index contributed by atoms with van der Waals surface area (Å²) >= 11 is 12.0. The third-order valence-electron chi connectivity index (χ3n) is 6.30. The molecule has 3 aliphatic heterocycles. The quantitative estimate of drug-likeness (QED) is 0.354. The van der Waals surface area contributed by atoms with E-state index in [1.54, 1.807) is 18.2 Å². The lowest BCUT2D eigenvalue weighted by Crippen LogP contribution is -2.34. The number of ether oxygens (including phenoxy) is 1. The summed E-state index contributed by atoms with van der Waals surface area (Å²) in [7, 11) is -8.42. The number of H-pyrrole nitrogens is 1. The van der Waals surface area contributed by atoms with E-state index in [2.05, 4.69) is 0 Å². The van der Waals surface area contributed by atoms with Crippen LogP contribution in [-0.4, -0.2) is 28.4 Å². The van der Waals surface area contributed by atoms with Crippen LogP contribution in [0.15, 0.2) is 52.2 Å². The van der Waals surface area contributed by atoms with Crippen LogP contribution >= 0.6 is 38.8 Å². The van der Waals surface area contributed by atoms with E-state index in [0.717, 1.165) is 4.57 Å². The number of halogens is 3. The van der Waals surface area contributed by atoms with Gasteiger partial charge in [-0.15, -0.1) is 0 Å². The molecule has 3 aromatic rings. The fourth-order valence-electron chi connectivity index (χ4n) is 4.34. The van der Waals surface area contributed by atoms with Crippen molar-refractivity contribution in [2.45, 2.75) is 38.1 Å². The van der Waals surface area contributed by atoms with Crippen molar-refractivity contribution >= 4 is 38.8 Å². The van der Waals surface area contributed by atoms with Gasteiger partial charge in [0.15, 0.2) is 0 Å². The summed E-state index contributed by atoms with van der Waals surface area (Å²) in [5, 5.41) is 0.852. The fourth-order valence-corrected chi connectivity index (χ4v) is 7.38. The molecule has 1 N–H and O–H groups in total. The number of aromatic amines is 1. The molecule has 2 aromatic carbocycles. The van der Waals surface area contributed by atoms with Gasteiger partial charge in [0.1, 0.15) is 29.9 Å². The van der Waals surface area contributed by atoms with Crippen molar-refractivity contribution in [1.29, 1.82) is 0 Å². The first-order valence-electron chi connectivity index (χ1n) is 11.9. The number of hydrogen-bond acceptors (Lipinski definition) is 11. The average Bonchev–Trinajstić information content (AvgIpc) is 3.31. The molecule has 5 atom stereocenters. The van der Waals surface area contributed by atoms with Gasteiger partial charge in [-0.05, 0) is 36.4 Å². The third-order valence-corrected chi connectivity index (χ3v) is 9.49. The smallest absolute Gasteiger partial charge is 0.404 e. The van der Waals surface area contributed by atoms with Gasteiger partial charge in [-0.3, -0.25) is 32.4 Å². The maximum absolute atomic E-state index is 14.0. The lowest BCUT2D eigenvalue weighted by Gasteiger charge is -2.29. The molecule has 4 heterocycles. The molecule has 0 radical (unpaired) electrons. The number of nitrogens with zero attached hydrogens (tertiary/aromatic N) is 1. The first-order chi connectivity index (χ1) is 19.5. The van der Waals surface area contributed by atoms with Crippen molar-refractivity contribution in [3.8, 4) is 11.5 Å². The van der Waals surface area contributed by atoms with E-state index in [4.69, 9.17) is 55.1 Å². The maximum atomic E-state index is 14.0. The summed E-state index contributed by atoms with van der Waals surface area (Å²) in [6, 6.07) is 9.25. The molecule has 218 valence electrons. The van der Waals surface area contributed by atoms with E-state index in [9.17, 15) is 23.1 Å². The second-order valence-corrected chi connectivity index (χ2v) is 13.1. The molecule has 0 saturated carbocycles. The Morgan fingerprint density at radius 3 is 2.24 bits per heavy atom. The highest BCUT2D eigenvalue weighted by Gasteiger charge is 2.47. The highest BCUT2D eigenvalue weighted by atomic mass is 35.5. The highest BCUT2D eigenvalue weighted by molar-refractivity contribution is 7.49. The minimum Gasteiger partial charge on any atom is -0.404 e. The van der Waals surface area contributed by atoms with Crippen LogP contribution in [0, 0.1) is 5.82 Å². The molecule has 0 aliphatic carbocycles.